The van der Waals surface area contributed by atoms with Crippen LogP contribution < -0.4 is 11.1 Å². The summed E-state index contributed by atoms with van der Waals surface area (Å²) in [5, 5.41) is 7.03. The molecule has 3 N–H and O–H groups in total. The van der Waals surface area contributed by atoms with Crippen LogP contribution in [-0.2, 0) is 16.6 Å². The number of hydrogen-bond acceptors (Lipinski definition) is 8. The summed E-state index contributed by atoms with van der Waals surface area (Å²) in [4.78, 5) is 31.0. The Morgan fingerprint density at radius 3 is 2.72 bits per heavy atom. The molecule has 0 fully saturated rings. The molecular weight excluding hydrogens is 487 g/mol. The number of imidazole rings is 1. The fourth-order valence-corrected chi connectivity index (χ4v) is 4.60. The topological polar surface area (TPSA) is 137 Å². The van der Waals surface area contributed by atoms with E-state index in [0.717, 1.165) is 0 Å². The van der Waals surface area contributed by atoms with Gasteiger partial charge in [0.2, 0.25) is 11.8 Å². The van der Waals surface area contributed by atoms with Crippen LogP contribution >= 0.6 is 11.6 Å². The second-order valence-corrected chi connectivity index (χ2v) is 9.07. The van der Waals surface area contributed by atoms with Gasteiger partial charge < -0.3 is 20.0 Å². The van der Waals surface area contributed by atoms with Gasteiger partial charge in [-0.1, -0.05) is 35.0 Å². The van der Waals surface area contributed by atoms with Gasteiger partial charge in [-0.15, -0.1) is 0 Å². The Kier molecular flexibility index (Phi) is 4.80. The predicted octanol–water partition coefficient (Wildman–Crippen LogP) is 3.71. The summed E-state index contributed by atoms with van der Waals surface area (Å²) in [7, 11) is 0. The first-order valence-corrected chi connectivity index (χ1v) is 11.3. The van der Waals surface area contributed by atoms with Gasteiger partial charge >= 0.3 is 0 Å². The monoisotopic (exact) mass is 504 g/mol. The second-order valence-electron chi connectivity index (χ2n) is 8.63. The first kappa shape index (κ1) is 22.1. The molecule has 1 unspecified atom stereocenters. The highest BCUT2D eigenvalue weighted by Gasteiger charge is 2.51. The van der Waals surface area contributed by atoms with Crippen LogP contribution in [0.1, 0.15) is 35.6 Å². The predicted molar refractivity (Wildman–Crippen MR) is 129 cm³/mol. The van der Waals surface area contributed by atoms with Gasteiger partial charge in [-0.25, -0.2) is 19.3 Å². The van der Waals surface area contributed by atoms with Crippen molar-refractivity contribution in [3.63, 3.8) is 0 Å². The van der Waals surface area contributed by atoms with Crippen molar-refractivity contribution in [2.45, 2.75) is 25.7 Å². The van der Waals surface area contributed by atoms with Crippen molar-refractivity contribution >= 4 is 34.7 Å². The van der Waals surface area contributed by atoms with E-state index in [9.17, 15) is 9.18 Å². The van der Waals surface area contributed by atoms with Crippen molar-refractivity contribution < 1.29 is 13.7 Å². The molecule has 6 rings (SSSR count). The molecule has 180 valence electrons. The van der Waals surface area contributed by atoms with Crippen LogP contribution in [0.2, 0.25) is 5.02 Å². The number of aromatic nitrogens is 6. The summed E-state index contributed by atoms with van der Waals surface area (Å²) in [6, 6.07) is 9.96. The van der Waals surface area contributed by atoms with Gasteiger partial charge in [-0.05, 0) is 37.6 Å². The van der Waals surface area contributed by atoms with Gasteiger partial charge in [0.25, 0.3) is 0 Å². The number of nitrogens with zero attached hydrogens (tertiary/aromatic N) is 6. The van der Waals surface area contributed by atoms with E-state index >= 15 is 0 Å². The van der Waals surface area contributed by atoms with Crippen molar-refractivity contribution in [3.8, 4) is 11.5 Å². The summed E-state index contributed by atoms with van der Waals surface area (Å²) in [6.07, 6.45) is 1.90. The molecule has 0 radical (unpaired) electrons. The zero-order valence-electron chi connectivity index (χ0n) is 19.1. The first-order chi connectivity index (χ1) is 17.3. The van der Waals surface area contributed by atoms with Crippen molar-refractivity contribution in [2.24, 2.45) is 0 Å². The number of rotatable bonds is 4. The fraction of sp³-hybridized carbons (Fsp3) is 0.167. The van der Waals surface area contributed by atoms with Crippen LogP contribution in [-0.4, -0.2) is 35.4 Å². The highest BCUT2D eigenvalue weighted by Crippen LogP contribution is 2.44. The van der Waals surface area contributed by atoms with E-state index in [1.54, 1.807) is 54.8 Å². The summed E-state index contributed by atoms with van der Waals surface area (Å²) < 4.78 is 21.4. The van der Waals surface area contributed by atoms with Crippen LogP contribution in [0.4, 0.5) is 16.0 Å². The molecule has 1 atom stereocenters. The van der Waals surface area contributed by atoms with E-state index < -0.39 is 11.3 Å². The Balaban J connectivity index is 1.50. The van der Waals surface area contributed by atoms with Crippen LogP contribution in [0.5, 0.6) is 0 Å². The van der Waals surface area contributed by atoms with Crippen LogP contribution in [0.3, 0.4) is 0 Å². The number of anilines is 2. The lowest BCUT2D eigenvalue weighted by Crippen LogP contribution is -2.33. The molecular formula is C24H18ClFN8O2. The lowest BCUT2D eigenvalue weighted by atomic mass is 9.84. The van der Waals surface area contributed by atoms with Crippen molar-refractivity contribution in [3.05, 3.63) is 82.1 Å². The van der Waals surface area contributed by atoms with Crippen molar-refractivity contribution in [1.29, 1.82) is 0 Å². The van der Waals surface area contributed by atoms with Gasteiger partial charge in [0.1, 0.15) is 29.0 Å². The van der Waals surface area contributed by atoms with Gasteiger partial charge in [0, 0.05) is 12.6 Å². The number of nitrogens with one attached hydrogen (secondary N) is 1. The first-order valence-electron chi connectivity index (χ1n) is 11.0. The number of benzene rings is 1. The molecule has 1 amide bonds. The Hall–Kier alpha value is -4.38. The zero-order valence-corrected chi connectivity index (χ0v) is 19.8. The van der Waals surface area contributed by atoms with Gasteiger partial charge in [-0.2, -0.15) is 4.98 Å². The van der Waals surface area contributed by atoms with Gasteiger partial charge in [0.15, 0.2) is 17.1 Å². The van der Waals surface area contributed by atoms with Crippen molar-refractivity contribution in [2.75, 3.05) is 11.1 Å². The summed E-state index contributed by atoms with van der Waals surface area (Å²) >= 11 is 6.25. The fourth-order valence-electron chi connectivity index (χ4n) is 4.44. The lowest BCUT2D eigenvalue weighted by molar-refractivity contribution is -0.119. The standard InChI is InChI=1S/C24H18ClFN8O2/c1-11-28-23(36-33-11)24(2)17-19(27)30-21(31-20(17)32-22(24)35)18-15-8-7-13(25)10-34(15)16(29-18)9-12-5-3-4-6-14(12)26/h3-8,10H,9H2,1-2H3,(H3,27,30,31,32,35). The minimum atomic E-state index is -1.35. The smallest absolute Gasteiger partial charge is 0.246 e. The molecule has 5 heterocycles. The number of pyridine rings is 1. The molecule has 4 aromatic heterocycles. The van der Waals surface area contributed by atoms with E-state index in [4.69, 9.17) is 26.8 Å². The number of fused-ring (bicyclic) bond motifs is 2. The Labute approximate surface area is 208 Å². The number of carbonyl (C=O) groups is 1. The van der Waals surface area contributed by atoms with E-state index in [1.165, 1.54) is 6.07 Å². The number of hydrogen-bond donors (Lipinski definition) is 2. The largest absolute Gasteiger partial charge is 0.383 e. The zero-order chi connectivity index (χ0) is 25.2. The molecule has 12 heteroatoms. The normalized spacial score (nSPS) is 16.9. The Morgan fingerprint density at radius 2 is 1.97 bits per heavy atom. The maximum Gasteiger partial charge on any atom is 0.246 e. The summed E-state index contributed by atoms with van der Waals surface area (Å²) in [5.41, 5.74) is 6.89. The molecule has 1 aliphatic rings. The number of carbonyl (C=O) groups excluding carboxylic acids is 1. The molecule has 0 bridgehead atoms. The molecule has 0 saturated heterocycles. The van der Waals surface area contributed by atoms with Crippen LogP contribution in [0.15, 0.2) is 47.1 Å². The molecule has 1 aromatic carbocycles. The molecule has 1 aliphatic heterocycles. The maximum absolute atomic E-state index is 14.4. The molecule has 0 saturated carbocycles. The number of nitrogens with two attached hydrogens (primary N) is 1. The summed E-state index contributed by atoms with van der Waals surface area (Å²) in [6.45, 7) is 3.28. The molecule has 5 aromatic rings. The number of nitrogen functional groups attached to an aromatic ring is 1. The van der Waals surface area contributed by atoms with Gasteiger partial charge in [-0.3, -0.25) is 4.79 Å². The molecule has 36 heavy (non-hydrogen) atoms. The molecule has 0 aliphatic carbocycles. The highest BCUT2D eigenvalue weighted by molar-refractivity contribution is 6.30. The average Bonchev–Trinajstić information content (AvgIpc) is 3.50. The Morgan fingerprint density at radius 1 is 1.17 bits per heavy atom. The van der Waals surface area contributed by atoms with E-state index in [2.05, 4.69) is 25.4 Å². The maximum atomic E-state index is 14.4. The molecule has 10 nitrogen and oxygen atoms in total. The number of aryl methyl sites for hydroxylation is 1. The second kappa shape index (κ2) is 7.82. The summed E-state index contributed by atoms with van der Waals surface area (Å²) in [5.74, 6) is 0.740. The van der Waals surface area contributed by atoms with E-state index in [-0.39, 0.29) is 35.6 Å². The van der Waals surface area contributed by atoms with Crippen molar-refractivity contribution in [1.82, 2.24) is 29.5 Å². The third-order valence-corrected chi connectivity index (χ3v) is 6.49. The SMILES string of the molecule is Cc1noc(C2(C)C(=O)Nc3nc(-c4nc(Cc5ccccc5F)n5cc(Cl)ccc45)nc(N)c32)n1. The third kappa shape index (κ3) is 3.23. The third-order valence-electron chi connectivity index (χ3n) is 6.27. The number of halogens is 2. The van der Waals surface area contributed by atoms with Crippen LogP contribution in [0, 0.1) is 12.7 Å². The number of amides is 1. The van der Waals surface area contributed by atoms with Gasteiger partial charge in [0.05, 0.1) is 16.1 Å². The van der Waals surface area contributed by atoms with Crippen LogP contribution in [0.25, 0.3) is 17.0 Å². The molecule has 0 spiro atoms. The Bertz CT molecular complexity index is 1700. The quantitative estimate of drug-likeness (QED) is 0.378. The minimum absolute atomic E-state index is 0.0671. The van der Waals surface area contributed by atoms with E-state index in [0.29, 0.717) is 39.0 Å². The minimum Gasteiger partial charge on any atom is -0.383 e. The highest BCUT2D eigenvalue weighted by atomic mass is 35.5. The van der Waals surface area contributed by atoms with E-state index in [1.807, 2.05) is 0 Å². The average molecular weight is 505 g/mol. The lowest BCUT2D eigenvalue weighted by Gasteiger charge is -2.17.